The second kappa shape index (κ2) is 7.61. The Morgan fingerprint density at radius 2 is 1.50 bits per heavy atom. The first-order chi connectivity index (χ1) is 9.76. The van der Waals surface area contributed by atoms with Crippen molar-refractivity contribution in [3.63, 3.8) is 0 Å². The highest BCUT2D eigenvalue weighted by atomic mass is 16.1. The van der Waals surface area contributed by atoms with E-state index in [9.17, 15) is 4.79 Å². The Morgan fingerprint density at radius 1 is 0.900 bits per heavy atom. The Morgan fingerprint density at radius 3 is 2.00 bits per heavy atom. The lowest BCUT2D eigenvalue weighted by Gasteiger charge is -2.46. The van der Waals surface area contributed by atoms with Crippen LogP contribution < -0.4 is 0 Å². The van der Waals surface area contributed by atoms with Crippen LogP contribution in [0.2, 0.25) is 0 Å². The zero-order valence-electron chi connectivity index (χ0n) is 13.7. The van der Waals surface area contributed by atoms with E-state index in [2.05, 4.69) is 13.8 Å². The van der Waals surface area contributed by atoms with Crippen molar-refractivity contribution in [2.45, 2.75) is 90.9 Å². The molecule has 1 nitrogen and oxygen atoms in total. The largest absolute Gasteiger partial charge is 0.303 e. The maximum Gasteiger partial charge on any atom is 0.126 e. The molecule has 0 bridgehead atoms. The molecule has 0 spiro atoms. The minimum atomic E-state index is 0.0254. The number of aldehydes is 1. The Kier molecular flexibility index (Phi) is 6.11. The van der Waals surface area contributed by atoms with Crippen LogP contribution in [-0.4, -0.2) is 6.29 Å². The van der Waals surface area contributed by atoms with Crippen molar-refractivity contribution in [1.29, 1.82) is 0 Å². The van der Waals surface area contributed by atoms with Gasteiger partial charge in [-0.05, 0) is 49.9 Å². The van der Waals surface area contributed by atoms with Crippen molar-refractivity contribution < 1.29 is 4.79 Å². The van der Waals surface area contributed by atoms with E-state index in [0.29, 0.717) is 11.8 Å². The first-order valence-electron chi connectivity index (χ1n) is 9.23. The predicted octanol–water partition coefficient (Wildman–Crippen LogP) is 5.77. The first-order valence-corrected chi connectivity index (χ1v) is 9.23. The average Bonchev–Trinajstić information content (AvgIpc) is 2.52. The monoisotopic (exact) mass is 278 g/mol. The third-order valence-corrected chi connectivity index (χ3v) is 6.50. The zero-order valence-corrected chi connectivity index (χ0v) is 13.7. The van der Waals surface area contributed by atoms with Crippen LogP contribution in [0.1, 0.15) is 90.9 Å². The molecule has 2 aliphatic carbocycles. The topological polar surface area (TPSA) is 17.1 Å². The van der Waals surface area contributed by atoms with Crippen molar-refractivity contribution in [3.05, 3.63) is 0 Å². The molecule has 0 aliphatic heterocycles. The summed E-state index contributed by atoms with van der Waals surface area (Å²) in [5, 5.41) is 0. The molecule has 1 heteroatoms. The van der Waals surface area contributed by atoms with Crippen LogP contribution in [0.3, 0.4) is 0 Å². The van der Waals surface area contributed by atoms with Gasteiger partial charge in [0.1, 0.15) is 6.29 Å². The summed E-state index contributed by atoms with van der Waals surface area (Å²) in [6.07, 6.45) is 17.3. The summed E-state index contributed by atoms with van der Waals surface area (Å²) in [7, 11) is 0. The third-order valence-electron chi connectivity index (χ3n) is 6.50. The summed E-state index contributed by atoms with van der Waals surface area (Å²) in [5.74, 6) is 2.32. The number of carbonyl (C=O) groups is 1. The minimum absolute atomic E-state index is 0.0254. The van der Waals surface area contributed by atoms with Crippen LogP contribution in [0.5, 0.6) is 0 Å². The molecule has 0 radical (unpaired) electrons. The Labute approximate surface area is 125 Å². The van der Waals surface area contributed by atoms with Crippen molar-refractivity contribution in [3.8, 4) is 0 Å². The number of hydrogen-bond donors (Lipinski definition) is 0. The van der Waals surface area contributed by atoms with Crippen molar-refractivity contribution in [2.24, 2.45) is 23.2 Å². The molecule has 0 aromatic heterocycles. The Hall–Kier alpha value is -0.330. The lowest BCUT2D eigenvalue weighted by atomic mass is 9.57. The number of hydrogen-bond acceptors (Lipinski definition) is 1. The van der Waals surface area contributed by atoms with Gasteiger partial charge in [-0.25, -0.2) is 0 Å². The van der Waals surface area contributed by atoms with E-state index < -0.39 is 0 Å². The SMILES string of the molecule is CCC[C@H]1CC[C@H](C(C=O)(CC)C2CCCCC2)CC1. The molecule has 0 N–H and O–H groups in total. The summed E-state index contributed by atoms with van der Waals surface area (Å²) in [6, 6.07) is 0. The molecule has 2 saturated carbocycles. The van der Waals surface area contributed by atoms with Crippen molar-refractivity contribution in [2.75, 3.05) is 0 Å². The molecular weight excluding hydrogens is 244 g/mol. The molecule has 2 aliphatic rings. The maximum atomic E-state index is 12.1. The highest BCUT2D eigenvalue weighted by Crippen LogP contribution is 2.50. The van der Waals surface area contributed by atoms with E-state index in [1.54, 1.807) is 0 Å². The van der Waals surface area contributed by atoms with Gasteiger partial charge in [-0.2, -0.15) is 0 Å². The van der Waals surface area contributed by atoms with E-state index in [1.807, 2.05) is 0 Å². The summed E-state index contributed by atoms with van der Waals surface area (Å²) in [5.41, 5.74) is 0.0254. The Balaban J connectivity index is 2.02. The molecule has 0 aromatic rings. The summed E-state index contributed by atoms with van der Waals surface area (Å²) >= 11 is 0. The normalized spacial score (nSPS) is 31.7. The maximum absolute atomic E-state index is 12.1. The summed E-state index contributed by atoms with van der Waals surface area (Å²) < 4.78 is 0. The number of rotatable bonds is 6. The van der Waals surface area contributed by atoms with Crippen LogP contribution >= 0.6 is 0 Å². The smallest absolute Gasteiger partial charge is 0.126 e. The van der Waals surface area contributed by atoms with Crippen LogP contribution in [0.4, 0.5) is 0 Å². The van der Waals surface area contributed by atoms with Gasteiger partial charge in [0.25, 0.3) is 0 Å². The molecule has 0 amide bonds. The fraction of sp³-hybridized carbons (Fsp3) is 0.947. The van der Waals surface area contributed by atoms with Gasteiger partial charge >= 0.3 is 0 Å². The van der Waals surface area contributed by atoms with E-state index in [0.717, 1.165) is 12.3 Å². The van der Waals surface area contributed by atoms with Gasteiger partial charge in [-0.1, -0.05) is 58.8 Å². The zero-order chi connectivity index (χ0) is 14.4. The fourth-order valence-corrected chi connectivity index (χ4v) is 5.22. The lowest BCUT2D eigenvalue weighted by molar-refractivity contribution is -0.126. The van der Waals surface area contributed by atoms with E-state index in [4.69, 9.17) is 0 Å². The number of carbonyl (C=O) groups excluding carboxylic acids is 1. The van der Waals surface area contributed by atoms with Crippen LogP contribution in [0, 0.1) is 23.2 Å². The second-order valence-electron chi connectivity index (χ2n) is 7.43. The molecule has 2 rings (SSSR count). The van der Waals surface area contributed by atoms with Gasteiger partial charge in [-0.3, -0.25) is 0 Å². The molecule has 116 valence electrons. The molecule has 1 unspecified atom stereocenters. The van der Waals surface area contributed by atoms with Gasteiger partial charge in [-0.15, -0.1) is 0 Å². The molecule has 0 aromatic carbocycles. The molecule has 2 fully saturated rings. The van der Waals surface area contributed by atoms with Gasteiger partial charge in [0.2, 0.25) is 0 Å². The fourth-order valence-electron chi connectivity index (χ4n) is 5.22. The standard InChI is InChI=1S/C19H34O/c1-3-8-16-11-13-18(14-12-16)19(4-2,15-20)17-9-6-5-7-10-17/h15-18H,3-14H2,1-2H3/t16-,18-,19?. The highest BCUT2D eigenvalue weighted by Gasteiger charge is 2.44. The molecule has 20 heavy (non-hydrogen) atoms. The van der Waals surface area contributed by atoms with Gasteiger partial charge in [0.05, 0.1) is 0 Å². The third kappa shape index (κ3) is 3.28. The summed E-state index contributed by atoms with van der Waals surface area (Å²) in [4.78, 5) is 12.1. The van der Waals surface area contributed by atoms with E-state index >= 15 is 0 Å². The average molecular weight is 278 g/mol. The van der Waals surface area contributed by atoms with Crippen LogP contribution in [0.15, 0.2) is 0 Å². The van der Waals surface area contributed by atoms with Gasteiger partial charge in [0.15, 0.2) is 0 Å². The second-order valence-corrected chi connectivity index (χ2v) is 7.43. The van der Waals surface area contributed by atoms with Crippen LogP contribution in [0.25, 0.3) is 0 Å². The highest BCUT2D eigenvalue weighted by molar-refractivity contribution is 5.60. The Bertz CT molecular complexity index is 284. The molecule has 1 atom stereocenters. The minimum Gasteiger partial charge on any atom is -0.303 e. The first kappa shape index (κ1) is 16.0. The lowest BCUT2D eigenvalue weighted by Crippen LogP contribution is -2.42. The predicted molar refractivity (Wildman–Crippen MR) is 85.7 cm³/mol. The summed E-state index contributed by atoms with van der Waals surface area (Å²) in [6.45, 7) is 4.57. The van der Waals surface area contributed by atoms with Gasteiger partial charge in [0, 0.05) is 5.41 Å². The van der Waals surface area contributed by atoms with Crippen molar-refractivity contribution >= 4 is 6.29 Å². The van der Waals surface area contributed by atoms with E-state index in [-0.39, 0.29) is 5.41 Å². The quantitative estimate of drug-likeness (QED) is 0.564. The van der Waals surface area contributed by atoms with Crippen molar-refractivity contribution in [1.82, 2.24) is 0 Å². The van der Waals surface area contributed by atoms with E-state index in [1.165, 1.54) is 76.9 Å². The molecule has 0 saturated heterocycles. The molecular formula is C19H34O. The van der Waals surface area contributed by atoms with Gasteiger partial charge < -0.3 is 4.79 Å². The molecule has 0 heterocycles. The van der Waals surface area contributed by atoms with Crippen LogP contribution in [-0.2, 0) is 4.79 Å².